The molecule has 1 aliphatic heterocycles. The zero-order valence-corrected chi connectivity index (χ0v) is 28.2. The van der Waals surface area contributed by atoms with E-state index < -0.39 is 29.5 Å². The van der Waals surface area contributed by atoms with Gasteiger partial charge in [-0.25, -0.2) is 14.6 Å². The molecule has 0 radical (unpaired) electrons. The van der Waals surface area contributed by atoms with Gasteiger partial charge in [-0.2, -0.15) is 14.9 Å². The molecule has 1 saturated heterocycles. The summed E-state index contributed by atoms with van der Waals surface area (Å²) in [5, 5.41) is 28.4. The van der Waals surface area contributed by atoms with E-state index in [9.17, 15) is 20.0 Å². The molecule has 3 aromatic heterocycles. The van der Waals surface area contributed by atoms with Crippen LogP contribution >= 0.6 is 0 Å². The van der Waals surface area contributed by atoms with Crippen LogP contribution in [0.1, 0.15) is 59.1 Å². The van der Waals surface area contributed by atoms with E-state index in [1.54, 1.807) is 53.8 Å². The standard InChI is InChI=1S/C35H42N8O5/c1-34(2,3)47-32(45)41-16-14-25(28(44)22-41)19-38-29-17-30(43-31(40-29)26(18-36)20-39-43)42(33(46)48-35(4,5)6)21-23-10-12-24(13-11-23)27-9-7-8-15-37-27/h7-13,15,17,20,25,28,44H,14,16,19,21-22H2,1-6H3,(H,38,40)/t25-,28+/m1/s1. The first-order valence-electron chi connectivity index (χ1n) is 15.9. The number of anilines is 2. The number of aliphatic hydroxyl groups is 1. The molecular weight excluding hydrogens is 612 g/mol. The van der Waals surface area contributed by atoms with Crippen LogP contribution in [0.15, 0.2) is 60.9 Å². The first-order chi connectivity index (χ1) is 22.7. The predicted octanol–water partition coefficient (Wildman–Crippen LogP) is 5.63. The van der Waals surface area contributed by atoms with Crippen molar-refractivity contribution in [2.75, 3.05) is 29.9 Å². The van der Waals surface area contributed by atoms with E-state index in [1.807, 2.05) is 42.5 Å². The number of carbonyl (C=O) groups is 2. The number of aliphatic hydroxyl groups excluding tert-OH is 1. The number of fused-ring (bicyclic) bond motifs is 1. The van der Waals surface area contributed by atoms with Gasteiger partial charge in [0, 0.05) is 36.8 Å². The highest BCUT2D eigenvalue weighted by atomic mass is 16.6. The number of β-amino-alcohol motifs (C(OH)–C–C–N with tert-alkyl or cyclic N) is 1. The van der Waals surface area contributed by atoms with Gasteiger partial charge in [-0.05, 0) is 65.7 Å². The van der Waals surface area contributed by atoms with Crippen molar-refractivity contribution in [3.05, 3.63) is 72.1 Å². The van der Waals surface area contributed by atoms with Gasteiger partial charge in [-0.15, -0.1) is 0 Å². The molecule has 0 saturated carbocycles. The lowest BCUT2D eigenvalue weighted by atomic mass is 9.94. The Bertz CT molecular complexity index is 1790. The number of hydrogen-bond acceptors (Lipinski definition) is 10. The molecule has 48 heavy (non-hydrogen) atoms. The molecule has 0 bridgehead atoms. The molecule has 1 fully saturated rings. The van der Waals surface area contributed by atoms with Gasteiger partial charge in [0.05, 0.1) is 31.1 Å². The lowest BCUT2D eigenvalue weighted by molar-refractivity contribution is -0.0104. The van der Waals surface area contributed by atoms with Crippen LogP contribution in [0, 0.1) is 17.2 Å². The number of nitrogens with one attached hydrogen (secondary N) is 1. The number of hydrogen-bond donors (Lipinski definition) is 2. The number of carbonyl (C=O) groups excluding carboxylic acids is 2. The predicted molar refractivity (Wildman–Crippen MR) is 180 cm³/mol. The molecule has 4 heterocycles. The lowest BCUT2D eigenvalue weighted by Crippen LogP contribution is -2.49. The summed E-state index contributed by atoms with van der Waals surface area (Å²) in [6.07, 6.45) is 1.83. The Hall–Kier alpha value is -5.22. The van der Waals surface area contributed by atoms with Crippen LogP contribution in [0.25, 0.3) is 16.9 Å². The van der Waals surface area contributed by atoms with Crippen LogP contribution in [-0.4, -0.2) is 78.7 Å². The highest BCUT2D eigenvalue weighted by molar-refractivity contribution is 5.88. The van der Waals surface area contributed by atoms with Crippen molar-refractivity contribution >= 4 is 29.5 Å². The maximum absolute atomic E-state index is 13.8. The molecule has 5 rings (SSSR count). The lowest BCUT2D eigenvalue weighted by Gasteiger charge is -2.36. The van der Waals surface area contributed by atoms with E-state index in [4.69, 9.17) is 9.47 Å². The van der Waals surface area contributed by atoms with Gasteiger partial charge in [0.2, 0.25) is 0 Å². The number of nitriles is 1. The third-order valence-electron chi connectivity index (χ3n) is 7.64. The minimum atomic E-state index is -0.793. The summed E-state index contributed by atoms with van der Waals surface area (Å²) < 4.78 is 12.7. The van der Waals surface area contributed by atoms with Crippen LogP contribution in [0.3, 0.4) is 0 Å². The fraction of sp³-hybridized carbons (Fsp3) is 0.429. The van der Waals surface area contributed by atoms with Crippen LogP contribution in [0.5, 0.6) is 0 Å². The average Bonchev–Trinajstić information content (AvgIpc) is 3.45. The molecular formula is C35H42N8O5. The van der Waals surface area contributed by atoms with E-state index in [1.165, 1.54) is 20.5 Å². The molecule has 2 amide bonds. The van der Waals surface area contributed by atoms with Crippen molar-refractivity contribution in [2.45, 2.75) is 71.8 Å². The number of nitrogens with zero attached hydrogens (tertiary/aromatic N) is 7. The maximum Gasteiger partial charge on any atom is 0.416 e. The largest absolute Gasteiger partial charge is 0.444 e. The molecule has 2 atom stereocenters. The molecule has 4 aromatic rings. The summed E-state index contributed by atoms with van der Waals surface area (Å²) in [6.45, 7) is 11.8. The van der Waals surface area contributed by atoms with Gasteiger partial charge in [0.1, 0.15) is 34.5 Å². The minimum absolute atomic E-state index is 0.138. The molecule has 0 aliphatic carbocycles. The Morgan fingerprint density at radius 1 is 1.08 bits per heavy atom. The van der Waals surface area contributed by atoms with Crippen LogP contribution in [0.2, 0.25) is 0 Å². The molecule has 1 aliphatic rings. The van der Waals surface area contributed by atoms with Crippen molar-refractivity contribution < 1.29 is 24.2 Å². The summed E-state index contributed by atoms with van der Waals surface area (Å²) in [7, 11) is 0. The Kier molecular flexibility index (Phi) is 9.86. The highest BCUT2D eigenvalue weighted by Crippen LogP contribution is 2.28. The summed E-state index contributed by atoms with van der Waals surface area (Å²) in [4.78, 5) is 38.4. The fourth-order valence-corrected chi connectivity index (χ4v) is 5.31. The fourth-order valence-electron chi connectivity index (χ4n) is 5.31. The smallest absolute Gasteiger partial charge is 0.416 e. The average molecular weight is 655 g/mol. The molecule has 2 N–H and O–H groups in total. The van der Waals surface area contributed by atoms with E-state index in [2.05, 4.69) is 26.5 Å². The number of aromatic nitrogens is 4. The molecule has 1 aromatic carbocycles. The van der Waals surface area contributed by atoms with Gasteiger partial charge in [0.25, 0.3) is 0 Å². The van der Waals surface area contributed by atoms with Crippen molar-refractivity contribution in [3.8, 4) is 17.3 Å². The molecule has 13 nitrogen and oxygen atoms in total. The second-order valence-corrected chi connectivity index (χ2v) is 13.8. The second kappa shape index (κ2) is 13.9. The molecule has 0 spiro atoms. The van der Waals surface area contributed by atoms with Crippen LogP contribution < -0.4 is 10.2 Å². The number of benzene rings is 1. The highest BCUT2D eigenvalue weighted by Gasteiger charge is 2.33. The van der Waals surface area contributed by atoms with Gasteiger partial charge in [-0.1, -0.05) is 30.3 Å². The number of rotatable bonds is 7. The van der Waals surface area contributed by atoms with Crippen molar-refractivity contribution in [1.29, 1.82) is 5.26 Å². The topological polar surface area (TPSA) is 158 Å². The maximum atomic E-state index is 13.8. The summed E-state index contributed by atoms with van der Waals surface area (Å²) in [6, 6.07) is 17.3. The van der Waals surface area contributed by atoms with Gasteiger partial charge in [-0.3, -0.25) is 9.88 Å². The van der Waals surface area contributed by atoms with Crippen molar-refractivity contribution in [3.63, 3.8) is 0 Å². The van der Waals surface area contributed by atoms with E-state index in [0.717, 1.165) is 16.8 Å². The van der Waals surface area contributed by atoms with E-state index in [0.29, 0.717) is 31.1 Å². The summed E-state index contributed by atoms with van der Waals surface area (Å²) >= 11 is 0. The Morgan fingerprint density at radius 3 is 2.44 bits per heavy atom. The first kappa shape index (κ1) is 34.1. The molecule has 0 unspecified atom stereocenters. The summed E-state index contributed by atoms with van der Waals surface area (Å²) in [5.41, 5.74) is 1.68. The number of piperidine rings is 1. The van der Waals surface area contributed by atoms with Crippen LogP contribution in [-0.2, 0) is 16.0 Å². The summed E-state index contributed by atoms with van der Waals surface area (Å²) in [5.74, 6) is 0.535. The Balaban J connectivity index is 1.41. The number of ether oxygens (including phenoxy) is 2. The van der Waals surface area contributed by atoms with E-state index in [-0.39, 0.29) is 30.2 Å². The van der Waals surface area contributed by atoms with Crippen molar-refractivity contribution in [2.24, 2.45) is 5.92 Å². The normalized spacial score (nSPS) is 16.7. The monoisotopic (exact) mass is 654 g/mol. The van der Waals surface area contributed by atoms with Gasteiger partial charge < -0.3 is 24.8 Å². The SMILES string of the molecule is CC(C)(C)OC(=O)N1CC[C@H](CNc2cc(N(Cc3ccc(-c4ccccn4)cc3)C(=O)OC(C)(C)C)n3ncc(C#N)c3n2)[C@@H](O)C1. The van der Waals surface area contributed by atoms with Gasteiger partial charge in [0.15, 0.2) is 5.65 Å². The quantitative estimate of drug-likeness (QED) is 0.256. The van der Waals surface area contributed by atoms with Gasteiger partial charge >= 0.3 is 12.2 Å². The number of likely N-dealkylation sites (tertiary alicyclic amines) is 1. The third kappa shape index (κ3) is 8.38. The Morgan fingerprint density at radius 2 is 1.81 bits per heavy atom. The molecule has 252 valence electrons. The van der Waals surface area contributed by atoms with Crippen LogP contribution in [0.4, 0.5) is 21.2 Å². The van der Waals surface area contributed by atoms with Crippen molar-refractivity contribution in [1.82, 2.24) is 24.5 Å². The number of pyridine rings is 1. The zero-order valence-electron chi connectivity index (χ0n) is 28.2. The molecule has 13 heteroatoms. The second-order valence-electron chi connectivity index (χ2n) is 13.8. The van der Waals surface area contributed by atoms with E-state index >= 15 is 0 Å². The third-order valence-corrected chi connectivity index (χ3v) is 7.64. The minimum Gasteiger partial charge on any atom is -0.444 e. The zero-order chi connectivity index (χ0) is 34.6. The Labute approximate surface area is 280 Å². The number of amides is 2. The first-order valence-corrected chi connectivity index (χ1v) is 15.9.